The van der Waals surface area contributed by atoms with Crippen LogP contribution in [0.3, 0.4) is 0 Å². The zero-order valence-corrected chi connectivity index (χ0v) is 10.2. The SMILES string of the molecule is CC1=C(c2ccccc2)NC(=C(C#N)C#N)N1C. The van der Waals surface area contributed by atoms with Crippen molar-refractivity contribution in [2.24, 2.45) is 0 Å². The number of rotatable bonds is 1. The summed E-state index contributed by atoms with van der Waals surface area (Å²) in [6.07, 6.45) is 0. The van der Waals surface area contributed by atoms with Crippen molar-refractivity contribution in [3.63, 3.8) is 0 Å². The van der Waals surface area contributed by atoms with Crippen molar-refractivity contribution in [3.05, 3.63) is 53.0 Å². The summed E-state index contributed by atoms with van der Waals surface area (Å²) in [4.78, 5) is 1.82. The number of hydrogen-bond acceptors (Lipinski definition) is 4. The highest BCUT2D eigenvalue weighted by atomic mass is 15.3. The van der Waals surface area contributed by atoms with Crippen LogP contribution in [0.4, 0.5) is 0 Å². The molecule has 4 nitrogen and oxygen atoms in total. The summed E-state index contributed by atoms with van der Waals surface area (Å²) in [7, 11) is 1.84. The second kappa shape index (κ2) is 4.65. The smallest absolute Gasteiger partial charge is 0.170 e. The largest absolute Gasteiger partial charge is 0.338 e. The Hall–Kier alpha value is -2.72. The average Bonchev–Trinajstić information content (AvgIpc) is 2.70. The second-order valence-electron chi connectivity index (χ2n) is 3.96. The maximum atomic E-state index is 8.93. The molecule has 0 fully saturated rings. The monoisotopic (exact) mass is 236 g/mol. The molecule has 1 aliphatic heterocycles. The van der Waals surface area contributed by atoms with E-state index < -0.39 is 0 Å². The lowest BCUT2D eigenvalue weighted by Gasteiger charge is -2.13. The molecule has 0 atom stereocenters. The fraction of sp³-hybridized carbons (Fsp3) is 0.143. The molecule has 0 amide bonds. The predicted molar refractivity (Wildman–Crippen MR) is 68.2 cm³/mol. The van der Waals surface area contributed by atoms with E-state index in [2.05, 4.69) is 5.32 Å². The Morgan fingerprint density at radius 3 is 2.33 bits per heavy atom. The van der Waals surface area contributed by atoms with Crippen molar-refractivity contribution < 1.29 is 0 Å². The van der Waals surface area contributed by atoms with E-state index in [4.69, 9.17) is 10.5 Å². The first-order valence-corrected chi connectivity index (χ1v) is 5.50. The maximum absolute atomic E-state index is 8.93. The molecule has 0 unspecified atom stereocenters. The van der Waals surface area contributed by atoms with Crippen LogP contribution in [0, 0.1) is 22.7 Å². The van der Waals surface area contributed by atoms with Gasteiger partial charge in [0.15, 0.2) is 5.57 Å². The number of nitrogens with one attached hydrogen (secondary N) is 1. The summed E-state index contributed by atoms with van der Waals surface area (Å²) in [6.45, 7) is 1.95. The molecule has 0 spiro atoms. The van der Waals surface area contributed by atoms with Gasteiger partial charge in [0.2, 0.25) is 0 Å². The van der Waals surface area contributed by atoms with Gasteiger partial charge in [-0.3, -0.25) is 0 Å². The molecular formula is C14H12N4. The standard InChI is InChI=1S/C14H12N4/c1-10-13(11-6-4-3-5-7-11)17-14(18(10)2)12(8-15)9-16/h3-7,17H,1-2H3. The first kappa shape index (κ1) is 11.8. The van der Waals surface area contributed by atoms with Gasteiger partial charge in [0.25, 0.3) is 0 Å². The first-order chi connectivity index (χ1) is 8.69. The highest BCUT2D eigenvalue weighted by Crippen LogP contribution is 2.28. The summed E-state index contributed by atoms with van der Waals surface area (Å²) < 4.78 is 0. The fourth-order valence-electron chi connectivity index (χ4n) is 1.88. The maximum Gasteiger partial charge on any atom is 0.170 e. The molecule has 0 saturated heterocycles. The van der Waals surface area contributed by atoms with Crippen molar-refractivity contribution in [3.8, 4) is 12.1 Å². The Bertz CT molecular complexity index is 595. The summed E-state index contributed by atoms with van der Waals surface area (Å²) in [5.41, 5.74) is 3.03. The Morgan fingerprint density at radius 1 is 1.17 bits per heavy atom. The molecule has 0 aliphatic carbocycles. The Kier molecular flexibility index (Phi) is 3.03. The highest BCUT2D eigenvalue weighted by Gasteiger charge is 2.24. The van der Waals surface area contributed by atoms with Gasteiger partial charge >= 0.3 is 0 Å². The predicted octanol–water partition coefficient (Wildman–Crippen LogP) is 2.17. The van der Waals surface area contributed by atoms with Gasteiger partial charge in [-0.05, 0) is 12.5 Å². The van der Waals surface area contributed by atoms with Gasteiger partial charge < -0.3 is 10.2 Å². The summed E-state index contributed by atoms with van der Waals surface area (Å²) in [5.74, 6) is 0.538. The van der Waals surface area contributed by atoms with Crippen LogP contribution in [0.1, 0.15) is 12.5 Å². The molecule has 0 radical (unpaired) electrons. The molecule has 1 aromatic carbocycles. The molecule has 0 bridgehead atoms. The van der Waals surface area contributed by atoms with E-state index in [9.17, 15) is 0 Å². The highest BCUT2D eigenvalue weighted by molar-refractivity contribution is 5.71. The van der Waals surface area contributed by atoms with Crippen LogP contribution in [-0.2, 0) is 0 Å². The van der Waals surface area contributed by atoms with Crippen LogP contribution < -0.4 is 5.32 Å². The van der Waals surface area contributed by atoms with Gasteiger partial charge in [-0.25, -0.2) is 0 Å². The van der Waals surface area contributed by atoms with Crippen molar-refractivity contribution in [2.45, 2.75) is 6.92 Å². The normalized spacial score (nSPS) is 14.0. The molecule has 2 rings (SSSR count). The molecule has 1 heterocycles. The Morgan fingerprint density at radius 2 is 1.78 bits per heavy atom. The zero-order valence-electron chi connectivity index (χ0n) is 10.2. The molecule has 1 aromatic rings. The topological polar surface area (TPSA) is 62.9 Å². The van der Waals surface area contributed by atoms with Crippen LogP contribution in [-0.4, -0.2) is 11.9 Å². The van der Waals surface area contributed by atoms with E-state index in [0.717, 1.165) is 17.0 Å². The van der Waals surface area contributed by atoms with Crippen molar-refractivity contribution >= 4 is 5.70 Å². The lowest BCUT2D eigenvalue weighted by Crippen LogP contribution is -2.18. The van der Waals surface area contributed by atoms with Gasteiger partial charge in [-0.15, -0.1) is 0 Å². The van der Waals surface area contributed by atoms with Crippen LogP contribution in [0.5, 0.6) is 0 Å². The van der Waals surface area contributed by atoms with E-state index in [1.54, 1.807) is 0 Å². The van der Waals surface area contributed by atoms with E-state index >= 15 is 0 Å². The lowest BCUT2D eigenvalue weighted by atomic mass is 10.1. The third-order valence-corrected chi connectivity index (χ3v) is 2.97. The van der Waals surface area contributed by atoms with Crippen LogP contribution in [0.15, 0.2) is 47.4 Å². The van der Waals surface area contributed by atoms with Gasteiger partial charge in [0.05, 0.1) is 5.70 Å². The molecule has 0 aromatic heterocycles. The number of nitrogens with zero attached hydrogens (tertiary/aromatic N) is 3. The molecule has 1 aliphatic rings. The van der Waals surface area contributed by atoms with Gasteiger partial charge in [-0.1, -0.05) is 30.3 Å². The summed E-state index contributed by atoms with van der Waals surface area (Å²) in [6, 6.07) is 13.6. The van der Waals surface area contributed by atoms with E-state index in [-0.39, 0.29) is 5.57 Å². The number of hydrogen-bond donors (Lipinski definition) is 1. The van der Waals surface area contributed by atoms with Gasteiger partial charge in [-0.2, -0.15) is 10.5 Å². The third kappa shape index (κ3) is 1.81. The summed E-state index contributed by atoms with van der Waals surface area (Å²) >= 11 is 0. The van der Waals surface area contributed by atoms with Crippen molar-refractivity contribution in [1.82, 2.24) is 10.2 Å². The quantitative estimate of drug-likeness (QED) is 0.759. The fourth-order valence-corrected chi connectivity index (χ4v) is 1.88. The molecular weight excluding hydrogens is 224 g/mol. The third-order valence-electron chi connectivity index (χ3n) is 2.97. The minimum atomic E-state index is 0.0859. The van der Waals surface area contributed by atoms with Crippen LogP contribution in [0.25, 0.3) is 5.70 Å². The minimum Gasteiger partial charge on any atom is -0.338 e. The number of nitriles is 2. The van der Waals surface area contributed by atoms with E-state index in [0.29, 0.717) is 5.82 Å². The first-order valence-electron chi connectivity index (χ1n) is 5.50. The van der Waals surface area contributed by atoms with E-state index in [1.165, 1.54) is 0 Å². The van der Waals surface area contributed by atoms with E-state index in [1.807, 2.05) is 61.3 Å². The number of allylic oxidation sites excluding steroid dienone is 2. The molecule has 0 saturated carbocycles. The van der Waals surface area contributed by atoms with Crippen LogP contribution >= 0.6 is 0 Å². The zero-order chi connectivity index (χ0) is 13.1. The lowest BCUT2D eigenvalue weighted by molar-refractivity contribution is 0.526. The number of benzene rings is 1. The van der Waals surface area contributed by atoms with Crippen LogP contribution in [0.2, 0.25) is 0 Å². The molecule has 88 valence electrons. The second-order valence-corrected chi connectivity index (χ2v) is 3.96. The van der Waals surface area contributed by atoms with Crippen molar-refractivity contribution in [2.75, 3.05) is 7.05 Å². The van der Waals surface area contributed by atoms with Gasteiger partial charge in [0, 0.05) is 12.7 Å². The average molecular weight is 236 g/mol. The molecule has 18 heavy (non-hydrogen) atoms. The Balaban J connectivity index is 2.47. The Labute approximate surface area is 106 Å². The molecule has 1 N–H and O–H groups in total. The minimum absolute atomic E-state index is 0.0859. The van der Waals surface area contributed by atoms with Gasteiger partial charge in [0.1, 0.15) is 18.0 Å². The van der Waals surface area contributed by atoms with Crippen molar-refractivity contribution in [1.29, 1.82) is 10.5 Å². The summed E-state index contributed by atoms with van der Waals surface area (Å²) in [5, 5.41) is 21.0. The molecule has 4 heteroatoms.